The summed E-state index contributed by atoms with van der Waals surface area (Å²) in [5.41, 5.74) is -0.898. The minimum Gasteiger partial charge on any atom is -0.350 e. The fraction of sp³-hybridized carbons (Fsp3) is 0.278. The van der Waals surface area contributed by atoms with Crippen molar-refractivity contribution in [1.29, 1.82) is 0 Å². The van der Waals surface area contributed by atoms with Crippen LogP contribution in [-0.2, 0) is 16.1 Å². The minimum atomic E-state index is -1.30. The highest BCUT2D eigenvalue weighted by atomic mass is 19.1. The van der Waals surface area contributed by atoms with Gasteiger partial charge in [-0.1, -0.05) is 6.08 Å². The number of hydrogen-bond donors (Lipinski definition) is 1. The van der Waals surface area contributed by atoms with Crippen molar-refractivity contribution in [1.82, 2.24) is 10.2 Å². The van der Waals surface area contributed by atoms with Gasteiger partial charge in [0, 0.05) is 30.4 Å². The van der Waals surface area contributed by atoms with E-state index in [0.717, 1.165) is 5.57 Å². The molecule has 3 rings (SSSR count). The first-order valence-electron chi connectivity index (χ1n) is 7.90. The maximum atomic E-state index is 13.7. The molecule has 1 aromatic rings. The number of benzene rings is 1. The number of rotatable bonds is 3. The van der Waals surface area contributed by atoms with Crippen molar-refractivity contribution in [2.24, 2.45) is 4.99 Å². The molecule has 1 aromatic carbocycles. The molecule has 0 saturated carbocycles. The largest absolute Gasteiger partial charge is 0.350 e. The van der Waals surface area contributed by atoms with Crippen molar-refractivity contribution >= 4 is 17.6 Å². The second kappa shape index (κ2) is 6.44. The minimum absolute atomic E-state index is 0.186. The normalized spacial score (nSPS) is 21.9. The summed E-state index contributed by atoms with van der Waals surface area (Å²) in [6.45, 7) is 2.90. The SMILES string of the molecule is CC1=CN2C(=NC(=O)CC2(C)C(=O)NCc2c(F)cc(F)cc2F)C=C1. The Morgan fingerprint density at radius 2 is 1.92 bits per heavy atom. The molecule has 8 heteroatoms. The van der Waals surface area contributed by atoms with Crippen molar-refractivity contribution in [3.63, 3.8) is 0 Å². The molecule has 0 fully saturated rings. The Hall–Kier alpha value is -2.90. The van der Waals surface area contributed by atoms with Crippen LogP contribution in [0.5, 0.6) is 0 Å². The number of nitrogens with one attached hydrogen (secondary N) is 1. The lowest BCUT2D eigenvalue weighted by Gasteiger charge is -2.42. The Bertz CT molecular complexity index is 869. The lowest BCUT2D eigenvalue weighted by atomic mass is 9.90. The summed E-state index contributed by atoms with van der Waals surface area (Å²) >= 11 is 0. The number of nitrogens with zero attached hydrogens (tertiary/aromatic N) is 2. The third-order valence-electron chi connectivity index (χ3n) is 4.36. The van der Waals surface area contributed by atoms with Gasteiger partial charge < -0.3 is 10.2 Å². The van der Waals surface area contributed by atoms with E-state index in [0.29, 0.717) is 18.0 Å². The Kier molecular flexibility index (Phi) is 4.43. The molecule has 2 aliphatic heterocycles. The lowest BCUT2D eigenvalue weighted by molar-refractivity contribution is -0.134. The predicted molar refractivity (Wildman–Crippen MR) is 88.4 cm³/mol. The first-order valence-corrected chi connectivity index (χ1v) is 7.90. The quantitative estimate of drug-likeness (QED) is 0.898. The molecule has 1 unspecified atom stereocenters. The van der Waals surface area contributed by atoms with E-state index < -0.39 is 46.9 Å². The molecule has 0 bridgehead atoms. The molecule has 0 radical (unpaired) electrons. The summed E-state index contributed by atoms with van der Waals surface area (Å²) in [6, 6.07) is 1.09. The average Bonchev–Trinajstić information content (AvgIpc) is 2.54. The first-order chi connectivity index (χ1) is 12.2. The molecular formula is C18H16F3N3O2. The summed E-state index contributed by atoms with van der Waals surface area (Å²) < 4.78 is 40.5. The molecule has 26 heavy (non-hydrogen) atoms. The molecule has 1 N–H and O–H groups in total. The lowest BCUT2D eigenvalue weighted by Crippen LogP contribution is -2.60. The Labute approximate surface area is 147 Å². The molecular weight excluding hydrogens is 347 g/mol. The number of amidine groups is 1. The molecule has 2 aliphatic rings. The van der Waals surface area contributed by atoms with Crippen molar-refractivity contribution in [3.05, 3.63) is 59.1 Å². The van der Waals surface area contributed by atoms with E-state index in [9.17, 15) is 22.8 Å². The summed E-state index contributed by atoms with van der Waals surface area (Å²) in [7, 11) is 0. The van der Waals surface area contributed by atoms with Gasteiger partial charge in [0.05, 0.1) is 6.42 Å². The number of hydrogen-bond acceptors (Lipinski definition) is 3. The fourth-order valence-electron chi connectivity index (χ4n) is 2.92. The van der Waals surface area contributed by atoms with Gasteiger partial charge in [0.1, 0.15) is 28.8 Å². The zero-order chi connectivity index (χ0) is 19.1. The van der Waals surface area contributed by atoms with Crippen molar-refractivity contribution in [2.75, 3.05) is 0 Å². The second-order valence-electron chi connectivity index (χ2n) is 6.42. The fourth-order valence-corrected chi connectivity index (χ4v) is 2.92. The molecule has 0 saturated heterocycles. The van der Waals surface area contributed by atoms with E-state index in [2.05, 4.69) is 10.3 Å². The van der Waals surface area contributed by atoms with Crippen LogP contribution in [0.3, 0.4) is 0 Å². The van der Waals surface area contributed by atoms with E-state index >= 15 is 0 Å². The summed E-state index contributed by atoms with van der Waals surface area (Å²) in [6.07, 6.45) is 4.88. The smallest absolute Gasteiger partial charge is 0.250 e. The zero-order valence-corrected chi connectivity index (χ0v) is 14.1. The van der Waals surface area contributed by atoms with Crippen LogP contribution in [0, 0.1) is 17.5 Å². The molecule has 5 nitrogen and oxygen atoms in total. The van der Waals surface area contributed by atoms with Crippen molar-refractivity contribution in [2.45, 2.75) is 32.4 Å². The van der Waals surface area contributed by atoms with Gasteiger partial charge >= 0.3 is 0 Å². The monoisotopic (exact) mass is 363 g/mol. The van der Waals surface area contributed by atoms with Gasteiger partial charge in [-0.3, -0.25) is 9.59 Å². The standard InChI is InChI=1S/C18H16F3N3O2/c1-10-3-4-15-23-16(25)7-18(2,24(15)9-10)17(26)22-8-12-13(20)5-11(19)6-14(12)21/h3-6,9H,7-8H2,1-2H3,(H,22,26). The molecule has 2 heterocycles. The van der Waals surface area contributed by atoms with Gasteiger partial charge in [-0.15, -0.1) is 0 Å². The van der Waals surface area contributed by atoms with Gasteiger partial charge in [-0.05, 0) is 25.5 Å². The van der Waals surface area contributed by atoms with Crippen LogP contribution in [0.4, 0.5) is 13.2 Å². The third kappa shape index (κ3) is 3.14. The van der Waals surface area contributed by atoms with Gasteiger partial charge in [0.2, 0.25) is 5.91 Å². The molecule has 0 aromatic heterocycles. The number of carbonyl (C=O) groups excluding carboxylic acids is 2. The van der Waals surface area contributed by atoms with Crippen LogP contribution in [0.2, 0.25) is 0 Å². The molecule has 136 valence electrons. The molecule has 0 spiro atoms. The average molecular weight is 363 g/mol. The summed E-state index contributed by atoms with van der Waals surface area (Å²) in [5.74, 6) is -3.96. The van der Waals surface area contributed by atoms with E-state index in [1.165, 1.54) is 0 Å². The van der Waals surface area contributed by atoms with Crippen LogP contribution in [0.15, 0.2) is 41.1 Å². The highest BCUT2D eigenvalue weighted by Crippen LogP contribution is 2.29. The van der Waals surface area contributed by atoms with Crippen LogP contribution in [0.1, 0.15) is 25.8 Å². The topological polar surface area (TPSA) is 61.8 Å². The molecule has 2 amide bonds. The molecule has 1 atom stereocenters. The maximum absolute atomic E-state index is 13.7. The number of halogens is 3. The number of carbonyl (C=O) groups is 2. The van der Waals surface area contributed by atoms with Gasteiger partial charge in [0.15, 0.2) is 0 Å². The maximum Gasteiger partial charge on any atom is 0.250 e. The summed E-state index contributed by atoms with van der Waals surface area (Å²) in [5, 5.41) is 2.44. The molecule has 0 aliphatic carbocycles. The van der Waals surface area contributed by atoms with E-state index in [-0.39, 0.29) is 6.42 Å². The van der Waals surface area contributed by atoms with E-state index in [1.807, 2.05) is 6.92 Å². The predicted octanol–water partition coefficient (Wildman–Crippen LogP) is 2.58. The highest BCUT2D eigenvalue weighted by Gasteiger charge is 2.45. The second-order valence-corrected chi connectivity index (χ2v) is 6.42. The zero-order valence-electron chi connectivity index (χ0n) is 14.1. The van der Waals surface area contributed by atoms with E-state index in [1.54, 1.807) is 30.2 Å². The van der Waals surface area contributed by atoms with Gasteiger partial charge in [-0.2, -0.15) is 4.99 Å². The third-order valence-corrected chi connectivity index (χ3v) is 4.36. The Balaban J connectivity index is 1.84. The Morgan fingerprint density at radius 1 is 1.27 bits per heavy atom. The van der Waals surface area contributed by atoms with Crippen LogP contribution >= 0.6 is 0 Å². The number of allylic oxidation sites excluding steroid dienone is 2. The Morgan fingerprint density at radius 3 is 2.58 bits per heavy atom. The number of fused-ring (bicyclic) bond motifs is 1. The number of aliphatic imine (C=N–C) groups is 1. The van der Waals surface area contributed by atoms with Crippen molar-refractivity contribution in [3.8, 4) is 0 Å². The van der Waals surface area contributed by atoms with Crippen LogP contribution < -0.4 is 5.32 Å². The van der Waals surface area contributed by atoms with Crippen molar-refractivity contribution < 1.29 is 22.8 Å². The summed E-state index contributed by atoms with van der Waals surface area (Å²) in [4.78, 5) is 30.2. The van der Waals surface area contributed by atoms with Gasteiger partial charge in [0.25, 0.3) is 5.91 Å². The van der Waals surface area contributed by atoms with Crippen LogP contribution in [0.25, 0.3) is 0 Å². The highest BCUT2D eigenvalue weighted by molar-refractivity contribution is 6.09. The first kappa shape index (κ1) is 17.9. The van der Waals surface area contributed by atoms with Crippen LogP contribution in [-0.4, -0.2) is 28.1 Å². The van der Waals surface area contributed by atoms with E-state index in [4.69, 9.17) is 0 Å². The number of amides is 2. The van der Waals surface area contributed by atoms with Gasteiger partial charge in [-0.25, -0.2) is 13.2 Å².